The summed E-state index contributed by atoms with van der Waals surface area (Å²) < 4.78 is 4.62. The number of Topliss-reactive ketones (excluding diaryl/α,β-unsaturated/α-hetero) is 1. The predicted molar refractivity (Wildman–Crippen MR) is 74.6 cm³/mol. The maximum Gasteiger partial charge on any atom is 0.376 e. The lowest BCUT2D eigenvalue weighted by molar-refractivity contribution is -0.165. The van der Waals surface area contributed by atoms with Crippen LogP contribution in [0.2, 0.25) is 0 Å². The van der Waals surface area contributed by atoms with Crippen molar-refractivity contribution < 1.29 is 39.2 Å². The molecule has 9 heteroatoms. The summed E-state index contributed by atoms with van der Waals surface area (Å²) in [5, 5.41) is 26.4. The number of aromatic hydroxyl groups is 1. The van der Waals surface area contributed by atoms with Crippen molar-refractivity contribution in [2.75, 3.05) is 0 Å². The third-order valence-electron chi connectivity index (χ3n) is 2.82. The first kappa shape index (κ1) is 18.1. The Kier molecular flexibility index (Phi) is 6.22. The minimum absolute atomic E-state index is 0.000165. The van der Waals surface area contributed by atoms with E-state index in [0.29, 0.717) is 5.56 Å². The number of phenols is 1. The quantitative estimate of drug-likeness (QED) is 0.357. The smallest absolute Gasteiger partial charge is 0.376 e. The van der Waals surface area contributed by atoms with Crippen molar-refractivity contribution >= 4 is 23.7 Å². The summed E-state index contributed by atoms with van der Waals surface area (Å²) in [6, 6.07) is 4.57. The van der Waals surface area contributed by atoms with Gasteiger partial charge in [-0.2, -0.15) is 0 Å². The van der Waals surface area contributed by atoms with Gasteiger partial charge in [0.15, 0.2) is 6.10 Å². The van der Waals surface area contributed by atoms with Gasteiger partial charge in [0.05, 0.1) is 6.42 Å². The number of carbonyl (C=O) groups excluding carboxylic acids is 2. The average molecular weight is 325 g/mol. The van der Waals surface area contributed by atoms with Crippen LogP contribution in [0, 0.1) is 0 Å². The highest BCUT2D eigenvalue weighted by Gasteiger charge is 2.32. The number of hydrogen-bond donors (Lipinski definition) is 4. The number of aliphatic carboxylic acids is 2. The number of carbonyl (C=O) groups is 4. The zero-order valence-corrected chi connectivity index (χ0v) is 11.8. The second-order valence-electron chi connectivity index (χ2n) is 4.67. The Bertz CT molecular complexity index is 610. The van der Waals surface area contributed by atoms with Crippen LogP contribution in [0.4, 0.5) is 0 Å². The molecule has 0 bridgehead atoms. The maximum atomic E-state index is 11.8. The summed E-state index contributed by atoms with van der Waals surface area (Å²) in [7, 11) is 0. The average Bonchev–Trinajstić information content (AvgIpc) is 2.47. The summed E-state index contributed by atoms with van der Waals surface area (Å²) >= 11 is 0. The van der Waals surface area contributed by atoms with E-state index in [2.05, 4.69) is 4.74 Å². The molecule has 0 heterocycles. The van der Waals surface area contributed by atoms with Crippen LogP contribution >= 0.6 is 0 Å². The molecule has 0 aromatic heterocycles. The first-order valence-corrected chi connectivity index (χ1v) is 6.43. The van der Waals surface area contributed by atoms with E-state index < -0.39 is 42.3 Å². The molecule has 9 nitrogen and oxygen atoms in total. The fraction of sp³-hybridized carbons (Fsp3) is 0.286. The zero-order chi connectivity index (χ0) is 17.6. The lowest BCUT2D eigenvalue weighted by atomic mass is 10.1. The Labute approximate surface area is 130 Å². The molecule has 1 rings (SSSR count). The van der Waals surface area contributed by atoms with E-state index >= 15 is 0 Å². The number of esters is 1. The van der Waals surface area contributed by atoms with E-state index in [4.69, 9.17) is 21.1 Å². The Morgan fingerprint density at radius 3 is 2.13 bits per heavy atom. The van der Waals surface area contributed by atoms with Crippen LogP contribution < -0.4 is 5.73 Å². The molecule has 0 aliphatic heterocycles. The summed E-state index contributed by atoms with van der Waals surface area (Å²) in [6.45, 7) is 0. The molecule has 0 fully saturated rings. The second kappa shape index (κ2) is 7.90. The molecule has 1 aromatic carbocycles. The Hall–Kier alpha value is -2.94. The number of nitrogens with two attached hydrogens (primary N) is 1. The summed E-state index contributed by atoms with van der Waals surface area (Å²) in [4.78, 5) is 44.3. The first-order valence-electron chi connectivity index (χ1n) is 6.43. The lowest BCUT2D eigenvalue weighted by Crippen LogP contribution is -2.41. The van der Waals surface area contributed by atoms with Crippen LogP contribution in [0.3, 0.4) is 0 Å². The Morgan fingerprint density at radius 2 is 1.65 bits per heavy atom. The minimum Gasteiger partial charge on any atom is -0.508 e. The number of carboxylic acids is 2. The highest BCUT2D eigenvalue weighted by atomic mass is 16.6. The normalized spacial score (nSPS) is 12.9. The van der Waals surface area contributed by atoms with Crippen molar-refractivity contribution in [3.63, 3.8) is 0 Å². The van der Waals surface area contributed by atoms with Gasteiger partial charge >= 0.3 is 17.9 Å². The molecule has 2 unspecified atom stereocenters. The van der Waals surface area contributed by atoms with E-state index in [1.165, 1.54) is 24.3 Å². The van der Waals surface area contributed by atoms with Crippen LogP contribution in [0.15, 0.2) is 24.3 Å². The molecule has 0 amide bonds. The van der Waals surface area contributed by atoms with Crippen LogP contribution in [-0.4, -0.2) is 51.2 Å². The Balaban J connectivity index is 2.72. The van der Waals surface area contributed by atoms with Gasteiger partial charge in [-0.3, -0.25) is 14.4 Å². The number of ether oxygens (including phenoxy) is 1. The fourth-order valence-corrected chi connectivity index (χ4v) is 1.68. The van der Waals surface area contributed by atoms with Gasteiger partial charge in [-0.25, -0.2) is 4.79 Å². The van der Waals surface area contributed by atoms with Crippen LogP contribution in [0.25, 0.3) is 0 Å². The molecule has 0 aliphatic carbocycles. The highest BCUT2D eigenvalue weighted by Crippen LogP contribution is 2.12. The van der Waals surface area contributed by atoms with Gasteiger partial charge in [0.1, 0.15) is 11.8 Å². The molecule has 0 aliphatic rings. The number of hydrogen-bond acceptors (Lipinski definition) is 7. The van der Waals surface area contributed by atoms with Crippen LogP contribution in [0.5, 0.6) is 5.75 Å². The van der Waals surface area contributed by atoms with Gasteiger partial charge in [-0.05, 0) is 24.1 Å². The Morgan fingerprint density at radius 1 is 1.09 bits per heavy atom. The van der Waals surface area contributed by atoms with Gasteiger partial charge in [0, 0.05) is 0 Å². The van der Waals surface area contributed by atoms with Gasteiger partial charge in [-0.15, -0.1) is 0 Å². The molecule has 124 valence electrons. The van der Waals surface area contributed by atoms with Gasteiger partial charge in [0.2, 0.25) is 0 Å². The molecule has 2 atom stereocenters. The molecular formula is C14H15NO8. The number of rotatable bonds is 8. The van der Waals surface area contributed by atoms with Gasteiger partial charge < -0.3 is 25.8 Å². The van der Waals surface area contributed by atoms with Gasteiger partial charge in [-0.1, -0.05) is 12.1 Å². The molecular weight excluding hydrogens is 310 g/mol. The molecule has 0 spiro atoms. The number of carboxylic acid groups (broad SMARTS) is 2. The SMILES string of the molecule is NC(Cc1ccc(O)cc1)C(=O)OC(CC(=O)O)C(=O)C(=O)O. The minimum atomic E-state index is -1.94. The van der Waals surface area contributed by atoms with Crippen molar-refractivity contribution in [2.45, 2.75) is 25.0 Å². The van der Waals surface area contributed by atoms with Gasteiger partial charge in [0.25, 0.3) is 5.78 Å². The standard InChI is InChI=1S/C14H15NO8/c15-9(5-7-1-3-8(16)4-2-7)14(22)23-10(6-11(17)18)12(19)13(20)21/h1-4,9-10,16H,5-6,15H2,(H,17,18)(H,20,21). The number of phenolic OH excluding ortho intramolecular Hbond substituents is 1. The lowest BCUT2D eigenvalue weighted by Gasteiger charge is -2.16. The summed E-state index contributed by atoms with van der Waals surface area (Å²) in [5.41, 5.74) is 6.19. The summed E-state index contributed by atoms with van der Waals surface area (Å²) in [6.07, 6.45) is -2.91. The molecule has 1 aromatic rings. The first-order chi connectivity index (χ1) is 10.7. The molecule has 0 radical (unpaired) electrons. The van der Waals surface area contributed by atoms with Crippen molar-refractivity contribution in [3.05, 3.63) is 29.8 Å². The van der Waals surface area contributed by atoms with Crippen molar-refractivity contribution in [1.29, 1.82) is 0 Å². The third kappa shape index (κ3) is 5.75. The van der Waals surface area contributed by atoms with E-state index in [-0.39, 0.29) is 12.2 Å². The predicted octanol–water partition coefficient (Wildman–Crippen LogP) is -0.698. The fourth-order valence-electron chi connectivity index (χ4n) is 1.68. The second-order valence-corrected chi connectivity index (χ2v) is 4.67. The molecule has 0 saturated carbocycles. The summed E-state index contributed by atoms with van der Waals surface area (Å²) in [5.74, 6) is -6.02. The van der Waals surface area contributed by atoms with Crippen molar-refractivity contribution in [1.82, 2.24) is 0 Å². The topological polar surface area (TPSA) is 164 Å². The van der Waals surface area contributed by atoms with E-state index in [0.717, 1.165) is 0 Å². The van der Waals surface area contributed by atoms with Crippen molar-refractivity contribution in [3.8, 4) is 5.75 Å². The molecule has 5 N–H and O–H groups in total. The number of ketones is 1. The van der Waals surface area contributed by atoms with E-state index in [1.807, 2.05) is 0 Å². The van der Waals surface area contributed by atoms with Crippen LogP contribution in [-0.2, 0) is 30.3 Å². The van der Waals surface area contributed by atoms with E-state index in [1.54, 1.807) is 0 Å². The van der Waals surface area contributed by atoms with Crippen molar-refractivity contribution in [2.24, 2.45) is 5.73 Å². The third-order valence-corrected chi connectivity index (χ3v) is 2.82. The number of benzene rings is 1. The largest absolute Gasteiger partial charge is 0.508 e. The monoisotopic (exact) mass is 325 g/mol. The van der Waals surface area contributed by atoms with E-state index in [9.17, 15) is 19.2 Å². The zero-order valence-electron chi connectivity index (χ0n) is 11.8. The van der Waals surface area contributed by atoms with Crippen LogP contribution in [0.1, 0.15) is 12.0 Å². The maximum absolute atomic E-state index is 11.8. The molecule has 23 heavy (non-hydrogen) atoms. The molecule has 0 saturated heterocycles. The highest BCUT2D eigenvalue weighted by molar-refractivity contribution is 6.35.